The van der Waals surface area contributed by atoms with Crippen molar-refractivity contribution < 1.29 is 23.5 Å². The van der Waals surface area contributed by atoms with E-state index in [0.29, 0.717) is 10.6 Å². The highest BCUT2D eigenvalue weighted by molar-refractivity contribution is 6.40. The van der Waals surface area contributed by atoms with Gasteiger partial charge in [-0.2, -0.15) is 0 Å². The topological polar surface area (TPSA) is 75.7 Å². The predicted molar refractivity (Wildman–Crippen MR) is 132 cm³/mol. The molecule has 35 heavy (non-hydrogen) atoms. The summed E-state index contributed by atoms with van der Waals surface area (Å²) in [6.45, 7) is 1.73. The van der Waals surface area contributed by atoms with Gasteiger partial charge in [0.2, 0.25) is 0 Å². The van der Waals surface area contributed by atoms with Crippen molar-refractivity contribution in [3.05, 3.63) is 97.7 Å². The molecule has 3 aromatic rings. The van der Waals surface area contributed by atoms with E-state index in [4.69, 9.17) is 39.5 Å². The first-order valence-corrected chi connectivity index (χ1v) is 11.3. The summed E-state index contributed by atoms with van der Waals surface area (Å²) in [5, 5.41) is 2.83. The van der Waals surface area contributed by atoms with E-state index in [1.165, 1.54) is 48.5 Å². The van der Waals surface area contributed by atoms with Gasteiger partial charge in [-0.3, -0.25) is 14.9 Å². The number of halogens is 4. The van der Waals surface area contributed by atoms with Crippen molar-refractivity contribution in [2.24, 2.45) is 0 Å². The Kier molecular flexibility index (Phi) is 7.12. The van der Waals surface area contributed by atoms with E-state index < -0.39 is 23.7 Å². The monoisotopic (exact) mass is 532 g/mol. The molecule has 0 unspecified atom stereocenters. The summed E-state index contributed by atoms with van der Waals surface area (Å²) in [4.78, 5) is 39.1. The van der Waals surface area contributed by atoms with Crippen LogP contribution in [0.5, 0.6) is 5.75 Å². The number of benzene rings is 3. The molecule has 1 aliphatic heterocycles. The molecule has 0 bridgehead atoms. The molecule has 4 rings (SSSR count). The summed E-state index contributed by atoms with van der Waals surface area (Å²) in [6.07, 6.45) is 1.23. The standard InChI is InChI=1S/C25H16Cl3FN2O4/c1-13-5-6-18(11-20(13)27)31-24(33)19(23(32)30-25(31)34)9-15-8-16(26)10-21(28)22(15)35-12-14-3-2-4-17(29)7-14/h2-11H,12H2,1H3,(H,30,32,34)/b19-9+. The van der Waals surface area contributed by atoms with Gasteiger partial charge in [0.1, 0.15) is 23.7 Å². The van der Waals surface area contributed by atoms with Crippen LogP contribution < -0.4 is 15.0 Å². The van der Waals surface area contributed by atoms with Gasteiger partial charge in [0.05, 0.1) is 10.7 Å². The average Bonchev–Trinajstić information content (AvgIpc) is 2.78. The van der Waals surface area contributed by atoms with Crippen molar-refractivity contribution in [1.82, 2.24) is 5.32 Å². The molecular weight excluding hydrogens is 518 g/mol. The van der Waals surface area contributed by atoms with Crippen molar-refractivity contribution in [3.8, 4) is 5.75 Å². The maximum absolute atomic E-state index is 13.5. The third-order valence-corrected chi connectivity index (χ3v) is 6.03. The van der Waals surface area contributed by atoms with Gasteiger partial charge < -0.3 is 4.74 Å². The highest BCUT2D eigenvalue weighted by Gasteiger charge is 2.37. The second-order valence-corrected chi connectivity index (χ2v) is 8.87. The molecule has 0 aromatic heterocycles. The minimum absolute atomic E-state index is 0.0398. The van der Waals surface area contributed by atoms with Gasteiger partial charge in [0.25, 0.3) is 11.8 Å². The van der Waals surface area contributed by atoms with Crippen molar-refractivity contribution in [1.29, 1.82) is 0 Å². The van der Waals surface area contributed by atoms with Gasteiger partial charge in [-0.05, 0) is 60.5 Å². The number of nitrogens with zero attached hydrogens (tertiary/aromatic N) is 1. The Bertz CT molecular complexity index is 1410. The zero-order chi connectivity index (χ0) is 25.3. The van der Waals surface area contributed by atoms with Gasteiger partial charge in [0.15, 0.2) is 0 Å². The largest absolute Gasteiger partial charge is 0.487 e. The number of ether oxygens (including phenoxy) is 1. The normalized spacial score (nSPS) is 14.9. The van der Waals surface area contributed by atoms with E-state index >= 15 is 0 Å². The molecule has 1 saturated heterocycles. The van der Waals surface area contributed by atoms with Gasteiger partial charge in [-0.15, -0.1) is 0 Å². The fourth-order valence-electron chi connectivity index (χ4n) is 3.39. The molecule has 10 heteroatoms. The molecule has 0 saturated carbocycles. The number of urea groups is 1. The lowest BCUT2D eigenvalue weighted by atomic mass is 10.1. The Morgan fingerprint density at radius 2 is 1.77 bits per heavy atom. The minimum atomic E-state index is -0.913. The number of rotatable bonds is 5. The molecule has 1 aliphatic rings. The number of imide groups is 2. The molecule has 0 radical (unpaired) electrons. The molecule has 0 atom stereocenters. The lowest BCUT2D eigenvalue weighted by Crippen LogP contribution is -2.54. The third kappa shape index (κ3) is 5.32. The maximum Gasteiger partial charge on any atom is 0.335 e. The molecule has 178 valence electrons. The van der Waals surface area contributed by atoms with Crippen molar-refractivity contribution in [2.75, 3.05) is 4.90 Å². The van der Waals surface area contributed by atoms with Crippen LogP contribution in [0.15, 0.2) is 60.2 Å². The fourth-order valence-corrected chi connectivity index (χ4v) is 4.13. The minimum Gasteiger partial charge on any atom is -0.487 e. The number of carbonyl (C=O) groups is 3. The maximum atomic E-state index is 13.5. The van der Waals surface area contributed by atoms with Crippen LogP contribution in [0.1, 0.15) is 16.7 Å². The van der Waals surface area contributed by atoms with E-state index in [2.05, 4.69) is 5.32 Å². The molecule has 3 aromatic carbocycles. The number of nitrogens with one attached hydrogen (secondary N) is 1. The third-order valence-electron chi connectivity index (χ3n) is 5.12. The molecule has 6 nitrogen and oxygen atoms in total. The second kappa shape index (κ2) is 10.1. The summed E-state index contributed by atoms with van der Waals surface area (Å²) in [7, 11) is 0. The molecule has 1 N–H and O–H groups in total. The molecule has 0 aliphatic carbocycles. The SMILES string of the molecule is Cc1ccc(N2C(=O)NC(=O)/C(=C\c3cc(Cl)cc(Cl)c3OCc3cccc(F)c3)C2=O)cc1Cl. The Morgan fingerprint density at radius 1 is 1.00 bits per heavy atom. The number of barbiturate groups is 1. The zero-order valence-corrected chi connectivity index (χ0v) is 20.3. The van der Waals surface area contributed by atoms with Crippen LogP contribution in [0.2, 0.25) is 15.1 Å². The van der Waals surface area contributed by atoms with Crippen molar-refractivity contribution in [2.45, 2.75) is 13.5 Å². The summed E-state index contributed by atoms with van der Waals surface area (Å²) in [5.74, 6) is -2.08. The Hall–Kier alpha value is -3.39. The number of amides is 4. The van der Waals surface area contributed by atoms with Gasteiger partial charge >= 0.3 is 6.03 Å². The number of hydrogen-bond acceptors (Lipinski definition) is 4. The molecule has 1 heterocycles. The number of hydrogen-bond donors (Lipinski definition) is 1. The second-order valence-electron chi connectivity index (χ2n) is 7.62. The predicted octanol–water partition coefficient (Wildman–Crippen LogP) is 6.34. The van der Waals surface area contributed by atoms with Crippen molar-refractivity contribution >= 4 is 64.4 Å². The summed E-state index contributed by atoms with van der Waals surface area (Å²) in [5.41, 5.74) is 1.34. The van der Waals surface area contributed by atoms with E-state index in [9.17, 15) is 18.8 Å². The summed E-state index contributed by atoms with van der Waals surface area (Å²) < 4.78 is 19.3. The number of anilines is 1. The van der Waals surface area contributed by atoms with Gasteiger partial charge in [-0.1, -0.05) is 53.0 Å². The van der Waals surface area contributed by atoms with Gasteiger partial charge in [-0.25, -0.2) is 14.1 Å². The molecular formula is C25H16Cl3FN2O4. The summed E-state index contributed by atoms with van der Waals surface area (Å²) >= 11 is 18.6. The van der Waals surface area contributed by atoms with Crippen LogP contribution >= 0.6 is 34.8 Å². The molecule has 0 spiro atoms. The van der Waals surface area contributed by atoms with E-state index in [1.807, 2.05) is 0 Å². The lowest BCUT2D eigenvalue weighted by molar-refractivity contribution is -0.122. The quantitative estimate of drug-likeness (QED) is 0.307. The molecule has 1 fully saturated rings. The van der Waals surface area contributed by atoms with Gasteiger partial charge in [0, 0.05) is 15.6 Å². The Balaban J connectivity index is 1.72. The first kappa shape index (κ1) is 24.7. The van der Waals surface area contributed by atoms with Crippen molar-refractivity contribution in [3.63, 3.8) is 0 Å². The highest BCUT2D eigenvalue weighted by Crippen LogP contribution is 2.35. The fraction of sp³-hybridized carbons (Fsp3) is 0.0800. The number of aryl methyl sites for hydroxylation is 1. The molecule has 4 amide bonds. The van der Waals surface area contributed by atoms with Crippen LogP contribution in [-0.2, 0) is 16.2 Å². The van der Waals surface area contributed by atoms with E-state index in [1.54, 1.807) is 19.1 Å². The first-order valence-electron chi connectivity index (χ1n) is 10.2. The van der Waals surface area contributed by atoms with Crippen LogP contribution in [0, 0.1) is 12.7 Å². The summed E-state index contributed by atoms with van der Waals surface area (Å²) in [6, 6.07) is 12.4. The first-order chi connectivity index (χ1) is 16.6. The van der Waals surface area contributed by atoms with E-state index in [0.717, 1.165) is 10.5 Å². The van der Waals surface area contributed by atoms with Crippen LogP contribution in [0.4, 0.5) is 14.9 Å². The van der Waals surface area contributed by atoms with Crippen LogP contribution in [-0.4, -0.2) is 17.8 Å². The average molecular weight is 534 g/mol. The smallest absolute Gasteiger partial charge is 0.335 e. The van der Waals surface area contributed by atoms with Crippen LogP contribution in [0.3, 0.4) is 0 Å². The Morgan fingerprint density at radius 3 is 2.49 bits per heavy atom. The number of carbonyl (C=O) groups excluding carboxylic acids is 3. The van der Waals surface area contributed by atoms with Crippen LogP contribution in [0.25, 0.3) is 6.08 Å². The highest BCUT2D eigenvalue weighted by atomic mass is 35.5. The lowest BCUT2D eigenvalue weighted by Gasteiger charge is -2.26. The zero-order valence-electron chi connectivity index (χ0n) is 18.1. The Labute approximate surface area is 214 Å². The van der Waals surface area contributed by atoms with E-state index in [-0.39, 0.29) is 39.2 Å².